The first kappa shape index (κ1) is 12.7. The van der Waals surface area contributed by atoms with E-state index in [1.165, 1.54) is 11.1 Å². The summed E-state index contributed by atoms with van der Waals surface area (Å²) in [5, 5.41) is 9.52. The molecule has 98 valence electrons. The first-order valence-electron chi connectivity index (χ1n) is 6.49. The van der Waals surface area contributed by atoms with Crippen molar-refractivity contribution in [3.63, 3.8) is 0 Å². The summed E-state index contributed by atoms with van der Waals surface area (Å²) in [6.07, 6.45) is 1.07. The van der Waals surface area contributed by atoms with E-state index in [0.717, 1.165) is 35.2 Å². The third-order valence-corrected chi connectivity index (χ3v) is 4.18. The molecule has 2 nitrogen and oxygen atoms in total. The molecular weight excluding hydrogens is 302 g/mol. The normalized spacial score (nSPS) is 14.3. The molecule has 1 N–H and O–H groups in total. The summed E-state index contributed by atoms with van der Waals surface area (Å²) in [5.74, 6) is 0. The van der Waals surface area contributed by atoms with Gasteiger partial charge in [-0.3, -0.25) is 0 Å². The van der Waals surface area contributed by atoms with Crippen LogP contribution in [0.15, 0.2) is 46.9 Å². The Morgan fingerprint density at radius 1 is 1.11 bits per heavy atom. The molecule has 0 radical (unpaired) electrons. The highest BCUT2D eigenvalue weighted by Gasteiger charge is 2.18. The second-order valence-electron chi connectivity index (χ2n) is 4.87. The maximum atomic E-state index is 9.52. The van der Waals surface area contributed by atoms with Crippen LogP contribution >= 0.6 is 15.9 Å². The van der Waals surface area contributed by atoms with Gasteiger partial charge in [-0.15, -0.1) is 0 Å². The van der Waals surface area contributed by atoms with Crippen molar-refractivity contribution in [3.05, 3.63) is 63.6 Å². The SMILES string of the molecule is OCc1cc(Br)ccc1N1CCc2ccccc2C1. The Hall–Kier alpha value is -1.32. The Morgan fingerprint density at radius 2 is 1.89 bits per heavy atom. The van der Waals surface area contributed by atoms with Crippen molar-refractivity contribution in [2.45, 2.75) is 19.6 Å². The minimum Gasteiger partial charge on any atom is -0.392 e. The van der Waals surface area contributed by atoms with E-state index >= 15 is 0 Å². The van der Waals surface area contributed by atoms with Crippen LogP contribution in [0.4, 0.5) is 5.69 Å². The maximum Gasteiger partial charge on any atom is 0.0702 e. The molecule has 0 amide bonds. The highest BCUT2D eigenvalue weighted by molar-refractivity contribution is 9.10. The van der Waals surface area contributed by atoms with E-state index in [0.29, 0.717) is 0 Å². The molecule has 0 aliphatic carbocycles. The summed E-state index contributed by atoms with van der Waals surface area (Å²) in [5.41, 5.74) is 4.95. The Labute approximate surface area is 121 Å². The van der Waals surface area contributed by atoms with E-state index in [1.807, 2.05) is 12.1 Å². The highest BCUT2D eigenvalue weighted by atomic mass is 79.9. The predicted octanol–water partition coefficient (Wildman–Crippen LogP) is 3.50. The number of hydrogen-bond acceptors (Lipinski definition) is 2. The van der Waals surface area contributed by atoms with Crippen molar-refractivity contribution in [2.75, 3.05) is 11.4 Å². The van der Waals surface area contributed by atoms with Gasteiger partial charge in [-0.05, 0) is 35.7 Å². The molecule has 0 saturated carbocycles. The van der Waals surface area contributed by atoms with Gasteiger partial charge in [0, 0.05) is 28.8 Å². The highest BCUT2D eigenvalue weighted by Crippen LogP contribution is 2.29. The van der Waals surface area contributed by atoms with Gasteiger partial charge < -0.3 is 10.0 Å². The fourth-order valence-corrected chi connectivity index (χ4v) is 3.10. The fourth-order valence-electron chi connectivity index (χ4n) is 2.69. The number of anilines is 1. The average Bonchev–Trinajstić information content (AvgIpc) is 2.46. The molecule has 0 unspecified atom stereocenters. The lowest BCUT2D eigenvalue weighted by Gasteiger charge is -2.32. The van der Waals surface area contributed by atoms with Crippen LogP contribution in [0.5, 0.6) is 0 Å². The van der Waals surface area contributed by atoms with Crippen LogP contribution in [-0.4, -0.2) is 11.7 Å². The van der Waals surface area contributed by atoms with Gasteiger partial charge in [-0.25, -0.2) is 0 Å². The molecular formula is C16H16BrNO. The Balaban J connectivity index is 1.93. The van der Waals surface area contributed by atoms with Gasteiger partial charge >= 0.3 is 0 Å². The predicted molar refractivity (Wildman–Crippen MR) is 81.3 cm³/mol. The van der Waals surface area contributed by atoms with E-state index in [2.05, 4.69) is 51.2 Å². The second-order valence-corrected chi connectivity index (χ2v) is 5.79. The van der Waals surface area contributed by atoms with Gasteiger partial charge in [0.05, 0.1) is 6.61 Å². The van der Waals surface area contributed by atoms with Gasteiger partial charge in [-0.2, -0.15) is 0 Å². The van der Waals surface area contributed by atoms with Crippen LogP contribution in [0.3, 0.4) is 0 Å². The quantitative estimate of drug-likeness (QED) is 0.916. The van der Waals surface area contributed by atoms with E-state index in [-0.39, 0.29) is 6.61 Å². The number of aliphatic hydroxyl groups excluding tert-OH is 1. The number of halogens is 1. The molecule has 2 aromatic rings. The fraction of sp³-hybridized carbons (Fsp3) is 0.250. The standard InChI is InChI=1S/C16H16BrNO/c17-15-5-6-16(14(9-15)11-19)18-8-7-12-3-1-2-4-13(12)10-18/h1-6,9,19H,7-8,10-11H2. The van der Waals surface area contributed by atoms with Gasteiger partial charge in [-0.1, -0.05) is 40.2 Å². The zero-order valence-electron chi connectivity index (χ0n) is 10.6. The largest absolute Gasteiger partial charge is 0.392 e. The molecule has 1 aliphatic rings. The number of benzene rings is 2. The first-order valence-corrected chi connectivity index (χ1v) is 7.28. The number of fused-ring (bicyclic) bond motifs is 1. The van der Waals surface area contributed by atoms with E-state index in [4.69, 9.17) is 0 Å². The van der Waals surface area contributed by atoms with Crippen LogP contribution in [0.25, 0.3) is 0 Å². The van der Waals surface area contributed by atoms with Gasteiger partial charge in [0.1, 0.15) is 0 Å². The van der Waals surface area contributed by atoms with Crippen molar-refractivity contribution >= 4 is 21.6 Å². The van der Waals surface area contributed by atoms with Crippen molar-refractivity contribution in [1.29, 1.82) is 0 Å². The monoisotopic (exact) mass is 317 g/mol. The van der Waals surface area contributed by atoms with Crippen molar-refractivity contribution < 1.29 is 5.11 Å². The molecule has 1 heterocycles. The van der Waals surface area contributed by atoms with Crippen LogP contribution in [0.2, 0.25) is 0 Å². The Kier molecular flexibility index (Phi) is 3.58. The topological polar surface area (TPSA) is 23.5 Å². The minimum absolute atomic E-state index is 0.0763. The van der Waals surface area contributed by atoms with Gasteiger partial charge in [0.2, 0.25) is 0 Å². The van der Waals surface area contributed by atoms with Crippen molar-refractivity contribution in [3.8, 4) is 0 Å². The van der Waals surface area contributed by atoms with Gasteiger partial charge in [0.15, 0.2) is 0 Å². The third-order valence-electron chi connectivity index (χ3n) is 3.68. The van der Waals surface area contributed by atoms with Crippen LogP contribution in [0.1, 0.15) is 16.7 Å². The molecule has 0 bridgehead atoms. The lowest BCUT2D eigenvalue weighted by atomic mass is 9.99. The smallest absolute Gasteiger partial charge is 0.0702 e. The van der Waals surface area contributed by atoms with Crippen LogP contribution < -0.4 is 4.90 Å². The molecule has 3 heteroatoms. The molecule has 0 saturated heterocycles. The Morgan fingerprint density at radius 3 is 2.68 bits per heavy atom. The summed E-state index contributed by atoms with van der Waals surface area (Å²) in [7, 11) is 0. The summed E-state index contributed by atoms with van der Waals surface area (Å²) >= 11 is 3.46. The third kappa shape index (κ3) is 2.53. The van der Waals surface area contributed by atoms with E-state index in [1.54, 1.807) is 0 Å². The molecule has 0 fully saturated rings. The Bertz CT molecular complexity index is 597. The summed E-state index contributed by atoms with van der Waals surface area (Å²) in [6.45, 7) is 2.00. The summed E-state index contributed by atoms with van der Waals surface area (Å²) in [6, 6.07) is 14.7. The zero-order chi connectivity index (χ0) is 13.2. The average molecular weight is 318 g/mol. The number of hydrogen-bond donors (Lipinski definition) is 1. The summed E-state index contributed by atoms with van der Waals surface area (Å²) in [4.78, 5) is 2.35. The maximum absolute atomic E-state index is 9.52. The summed E-state index contributed by atoms with van der Waals surface area (Å²) < 4.78 is 1.01. The lowest BCUT2D eigenvalue weighted by Crippen LogP contribution is -2.31. The lowest BCUT2D eigenvalue weighted by molar-refractivity contribution is 0.282. The first-order chi connectivity index (χ1) is 9.28. The van der Waals surface area contributed by atoms with E-state index in [9.17, 15) is 5.11 Å². The second kappa shape index (κ2) is 5.35. The number of rotatable bonds is 2. The number of aliphatic hydroxyl groups is 1. The molecule has 2 aromatic carbocycles. The van der Waals surface area contributed by atoms with Crippen LogP contribution in [0, 0.1) is 0 Å². The molecule has 0 spiro atoms. The minimum atomic E-state index is 0.0763. The zero-order valence-corrected chi connectivity index (χ0v) is 12.2. The molecule has 0 atom stereocenters. The van der Waals surface area contributed by atoms with Crippen molar-refractivity contribution in [2.24, 2.45) is 0 Å². The van der Waals surface area contributed by atoms with E-state index < -0.39 is 0 Å². The number of nitrogens with zero attached hydrogens (tertiary/aromatic N) is 1. The van der Waals surface area contributed by atoms with Crippen LogP contribution in [-0.2, 0) is 19.6 Å². The molecule has 1 aliphatic heterocycles. The molecule has 3 rings (SSSR count). The molecule has 0 aromatic heterocycles. The van der Waals surface area contributed by atoms with Gasteiger partial charge in [0.25, 0.3) is 0 Å². The molecule has 19 heavy (non-hydrogen) atoms. The van der Waals surface area contributed by atoms with Crippen molar-refractivity contribution in [1.82, 2.24) is 0 Å².